The number of aromatic nitrogens is 3. The van der Waals surface area contributed by atoms with Gasteiger partial charge in [0.05, 0.1) is 5.75 Å². The lowest BCUT2D eigenvalue weighted by Gasteiger charge is -2.30. The number of H-pyrrole nitrogens is 1. The largest absolute Gasteiger partial charge is 0.342 e. The molecule has 0 spiro atoms. The lowest BCUT2D eigenvalue weighted by Crippen LogP contribution is -2.38. The molecule has 122 valence electrons. The van der Waals surface area contributed by atoms with Gasteiger partial charge >= 0.3 is 0 Å². The fourth-order valence-corrected chi connectivity index (χ4v) is 3.22. The van der Waals surface area contributed by atoms with Gasteiger partial charge < -0.3 is 4.90 Å². The lowest BCUT2D eigenvalue weighted by molar-refractivity contribution is -0.129. The van der Waals surface area contributed by atoms with Crippen molar-refractivity contribution in [2.45, 2.75) is 24.9 Å². The van der Waals surface area contributed by atoms with E-state index in [2.05, 4.69) is 22.1 Å². The summed E-state index contributed by atoms with van der Waals surface area (Å²) in [7, 11) is 0. The third-order valence-corrected chi connectivity index (χ3v) is 4.88. The molecule has 5 nitrogen and oxygen atoms in total. The maximum absolute atomic E-state index is 12.9. The fourth-order valence-electron chi connectivity index (χ4n) is 2.52. The predicted molar refractivity (Wildman–Crippen MR) is 87.5 cm³/mol. The van der Waals surface area contributed by atoms with Crippen molar-refractivity contribution in [2.24, 2.45) is 5.92 Å². The van der Waals surface area contributed by atoms with E-state index in [1.54, 1.807) is 12.1 Å². The number of aromatic amines is 1. The molecule has 0 unspecified atom stereocenters. The molecule has 7 heteroatoms. The third-order valence-electron chi connectivity index (χ3n) is 4.04. The van der Waals surface area contributed by atoms with Crippen LogP contribution in [0.1, 0.15) is 19.8 Å². The number of nitrogens with one attached hydrogen (secondary N) is 1. The van der Waals surface area contributed by atoms with Gasteiger partial charge in [-0.15, -0.1) is 5.10 Å². The van der Waals surface area contributed by atoms with Crippen molar-refractivity contribution in [3.8, 4) is 11.4 Å². The van der Waals surface area contributed by atoms with E-state index in [-0.39, 0.29) is 11.7 Å². The molecule has 2 heterocycles. The number of thioether (sulfide) groups is 1. The Balaban J connectivity index is 1.55. The van der Waals surface area contributed by atoms with Crippen LogP contribution in [0.2, 0.25) is 0 Å². The van der Waals surface area contributed by atoms with E-state index in [1.807, 2.05) is 4.90 Å². The Morgan fingerprint density at radius 3 is 2.74 bits per heavy atom. The van der Waals surface area contributed by atoms with Crippen molar-refractivity contribution in [3.63, 3.8) is 0 Å². The molecule has 1 amide bonds. The maximum Gasteiger partial charge on any atom is 0.233 e. The van der Waals surface area contributed by atoms with Crippen LogP contribution in [0.3, 0.4) is 0 Å². The number of benzene rings is 1. The highest BCUT2D eigenvalue weighted by molar-refractivity contribution is 7.99. The fraction of sp³-hybridized carbons (Fsp3) is 0.438. The van der Waals surface area contributed by atoms with Gasteiger partial charge in [-0.05, 0) is 43.0 Å². The average Bonchev–Trinajstić information content (AvgIpc) is 3.03. The van der Waals surface area contributed by atoms with Crippen LogP contribution in [-0.2, 0) is 4.79 Å². The van der Waals surface area contributed by atoms with Crippen molar-refractivity contribution < 1.29 is 9.18 Å². The number of rotatable bonds is 4. The normalized spacial score (nSPS) is 15.8. The smallest absolute Gasteiger partial charge is 0.233 e. The number of piperidine rings is 1. The van der Waals surface area contributed by atoms with Gasteiger partial charge in [0.25, 0.3) is 0 Å². The zero-order chi connectivity index (χ0) is 16.2. The molecule has 3 rings (SSSR count). The summed E-state index contributed by atoms with van der Waals surface area (Å²) < 4.78 is 12.9. The number of hydrogen-bond acceptors (Lipinski definition) is 4. The molecule has 1 aromatic carbocycles. The number of carbonyl (C=O) groups is 1. The lowest BCUT2D eigenvalue weighted by atomic mass is 9.99. The van der Waals surface area contributed by atoms with Crippen LogP contribution in [0.25, 0.3) is 11.4 Å². The summed E-state index contributed by atoms with van der Waals surface area (Å²) in [6.45, 7) is 3.91. The molecule has 1 aliphatic heterocycles. The summed E-state index contributed by atoms with van der Waals surface area (Å²) >= 11 is 1.32. The Morgan fingerprint density at radius 2 is 2.04 bits per heavy atom. The molecule has 0 radical (unpaired) electrons. The highest BCUT2D eigenvalue weighted by Gasteiger charge is 2.20. The van der Waals surface area contributed by atoms with Gasteiger partial charge in [-0.2, -0.15) is 0 Å². The van der Waals surface area contributed by atoms with Gasteiger partial charge in [0.15, 0.2) is 5.82 Å². The molecule has 1 saturated heterocycles. The van der Waals surface area contributed by atoms with Gasteiger partial charge in [-0.1, -0.05) is 18.7 Å². The Labute approximate surface area is 138 Å². The van der Waals surface area contributed by atoms with E-state index < -0.39 is 0 Å². The number of hydrogen-bond donors (Lipinski definition) is 1. The molecule has 0 bridgehead atoms. The number of halogens is 1. The number of amides is 1. The van der Waals surface area contributed by atoms with Crippen molar-refractivity contribution >= 4 is 17.7 Å². The van der Waals surface area contributed by atoms with Gasteiger partial charge in [0.2, 0.25) is 11.1 Å². The first-order chi connectivity index (χ1) is 11.1. The molecule has 1 N–H and O–H groups in total. The van der Waals surface area contributed by atoms with Crippen molar-refractivity contribution in [1.82, 2.24) is 20.1 Å². The van der Waals surface area contributed by atoms with E-state index in [1.165, 1.54) is 23.9 Å². The first-order valence-electron chi connectivity index (χ1n) is 7.71. The van der Waals surface area contributed by atoms with Gasteiger partial charge in [-0.25, -0.2) is 9.37 Å². The van der Waals surface area contributed by atoms with Crippen molar-refractivity contribution in [3.05, 3.63) is 30.1 Å². The topological polar surface area (TPSA) is 61.9 Å². The summed E-state index contributed by atoms with van der Waals surface area (Å²) in [6.07, 6.45) is 2.15. The van der Waals surface area contributed by atoms with Crippen LogP contribution in [0.5, 0.6) is 0 Å². The quantitative estimate of drug-likeness (QED) is 0.873. The second-order valence-electron chi connectivity index (χ2n) is 5.83. The Morgan fingerprint density at radius 1 is 1.35 bits per heavy atom. The summed E-state index contributed by atoms with van der Waals surface area (Å²) in [4.78, 5) is 18.4. The first-order valence-corrected chi connectivity index (χ1v) is 8.69. The number of likely N-dealkylation sites (tertiary alicyclic amines) is 1. The van der Waals surface area contributed by atoms with Crippen LogP contribution >= 0.6 is 11.8 Å². The molecule has 1 aliphatic rings. The van der Waals surface area contributed by atoms with Crippen molar-refractivity contribution in [2.75, 3.05) is 18.8 Å². The van der Waals surface area contributed by atoms with Crippen LogP contribution in [0.4, 0.5) is 4.39 Å². The predicted octanol–water partition coefficient (Wildman–Crippen LogP) is 2.96. The highest BCUT2D eigenvalue weighted by atomic mass is 32.2. The average molecular weight is 334 g/mol. The molecule has 2 aromatic rings. The number of carbonyl (C=O) groups excluding carboxylic acids is 1. The van der Waals surface area contributed by atoms with E-state index >= 15 is 0 Å². The van der Waals surface area contributed by atoms with Crippen LogP contribution < -0.4 is 0 Å². The summed E-state index contributed by atoms with van der Waals surface area (Å²) in [5.41, 5.74) is 0.766. The summed E-state index contributed by atoms with van der Waals surface area (Å²) in [5, 5.41) is 7.46. The van der Waals surface area contributed by atoms with E-state index in [0.29, 0.717) is 22.7 Å². The SMILES string of the molecule is CC1CCN(C(=O)CSc2n[nH]c(-c3ccc(F)cc3)n2)CC1. The van der Waals surface area contributed by atoms with Crippen LogP contribution in [0, 0.1) is 11.7 Å². The molecule has 0 atom stereocenters. The molecule has 1 fully saturated rings. The second-order valence-corrected chi connectivity index (χ2v) is 6.77. The molecule has 23 heavy (non-hydrogen) atoms. The van der Waals surface area contributed by atoms with Crippen LogP contribution in [0.15, 0.2) is 29.4 Å². The summed E-state index contributed by atoms with van der Waals surface area (Å²) in [5.74, 6) is 1.47. The highest BCUT2D eigenvalue weighted by Crippen LogP contribution is 2.21. The van der Waals surface area contributed by atoms with Gasteiger partial charge in [0, 0.05) is 18.7 Å². The van der Waals surface area contributed by atoms with Gasteiger partial charge in [-0.3, -0.25) is 9.89 Å². The minimum Gasteiger partial charge on any atom is -0.342 e. The first kappa shape index (κ1) is 16.0. The Hall–Kier alpha value is -1.89. The minimum absolute atomic E-state index is 0.134. The van der Waals surface area contributed by atoms with Gasteiger partial charge in [0.1, 0.15) is 5.82 Å². The molecule has 1 aromatic heterocycles. The molecular weight excluding hydrogens is 315 g/mol. The van der Waals surface area contributed by atoms with Crippen LogP contribution in [-0.4, -0.2) is 44.8 Å². The monoisotopic (exact) mass is 334 g/mol. The van der Waals surface area contributed by atoms with Crippen molar-refractivity contribution in [1.29, 1.82) is 0 Å². The molecular formula is C16H19FN4OS. The van der Waals surface area contributed by atoms with E-state index in [9.17, 15) is 9.18 Å². The zero-order valence-corrected chi connectivity index (χ0v) is 13.8. The molecule has 0 aliphatic carbocycles. The maximum atomic E-state index is 12.9. The second kappa shape index (κ2) is 7.12. The standard InChI is InChI=1S/C16H19FN4OS/c1-11-6-8-21(9-7-11)14(22)10-23-16-18-15(19-20-16)12-2-4-13(17)5-3-12/h2-5,11H,6-10H2,1H3,(H,18,19,20). The third kappa shape index (κ3) is 4.10. The number of nitrogens with zero attached hydrogens (tertiary/aromatic N) is 3. The minimum atomic E-state index is -0.288. The Bertz CT molecular complexity index is 665. The Kier molecular flexibility index (Phi) is 4.95. The van der Waals surface area contributed by atoms with E-state index in [0.717, 1.165) is 31.5 Å². The summed E-state index contributed by atoms with van der Waals surface area (Å²) in [6, 6.07) is 6.05. The molecule has 0 saturated carbocycles. The van der Waals surface area contributed by atoms with E-state index in [4.69, 9.17) is 0 Å². The zero-order valence-electron chi connectivity index (χ0n) is 13.0.